The molecule has 1 fully saturated rings. The van der Waals surface area contributed by atoms with Crippen LogP contribution in [0.15, 0.2) is 35.5 Å². The largest absolute Gasteiger partial charge is 0.392 e. The summed E-state index contributed by atoms with van der Waals surface area (Å²) >= 11 is 0. The van der Waals surface area contributed by atoms with Gasteiger partial charge in [0.25, 0.3) is 0 Å². The molecule has 0 aromatic carbocycles. The molecule has 4 rings (SSSR count). The monoisotopic (exact) mass is 347 g/mol. The Morgan fingerprint density at radius 1 is 1.38 bits per heavy atom. The van der Waals surface area contributed by atoms with Crippen molar-refractivity contribution in [2.45, 2.75) is 23.8 Å². The average Bonchev–Trinajstić information content (AvgIpc) is 3.21. The topological polar surface area (TPSA) is 115 Å². The number of nitrogens with zero attached hydrogens (tertiary/aromatic N) is 3. The Bertz CT molecular complexity index is 978. The predicted octanol–water partition coefficient (Wildman–Crippen LogP) is 1.10. The number of rotatable bonds is 3. The predicted molar refractivity (Wildman–Crippen MR) is 87.7 cm³/mol. The fourth-order valence-corrected chi connectivity index (χ4v) is 4.52. The smallest absolute Gasteiger partial charge is 0.244 e. The molecule has 3 aromatic heterocycles. The lowest BCUT2D eigenvalue weighted by molar-refractivity contribution is 0.108. The van der Waals surface area contributed by atoms with E-state index in [2.05, 4.69) is 20.2 Å². The second-order valence-electron chi connectivity index (χ2n) is 5.88. The van der Waals surface area contributed by atoms with E-state index < -0.39 is 16.1 Å². The van der Waals surface area contributed by atoms with E-state index in [1.807, 2.05) is 6.07 Å². The van der Waals surface area contributed by atoms with Crippen molar-refractivity contribution < 1.29 is 13.5 Å². The number of aromatic amines is 2. The summed E-state index contributed by atoms with van der Waals surface area (Å²) in [5.41, 5.74) is 1.89. The van der Waals surface area contributed by atoms with Crippen LogP contribution in [-0.4, -0.2) is 57.2 Å². The first-order valence-electron chi connectivity index (χ1n) is 7.72. The first kappa shape index (κ1) is 15.3. The second kappa shape index (κ2) is 5.69. The average molecular weight is 347 g/mol. The minimum atomic E-state index is -3.63. The second-order valence-corrected chi connectivity index (χ2v) is 7.82. The van der Waals surface area contributed by atoms with E-state index in [9.17, 15) is 13.5 Å². The summed E-state index contributed by atoms with van der Waals surface area (Å²) in [6.07, 6.45) is 3.81. The number of nitrogens with one attached hydrogen (secondary N) is 2. The summed E-state index contributed by atoms with van der Waals surface area (Å²) < 4.78 is 26.8. The van der Waals surface area contributed by atoms with Crippen LogP contribution < -0.4 is 0 Å². The summed E-state index contributed by atoms with van der Waals surface area (Å²) in [6, 6.07) is 5.25. The zero-order valence-electron chi connectivity index (χ0n) is 12.8. The van der Waals surface area contributed by atoms with Crippen LogP contribution in [0, 0.1) is 0 Å². The van der Waals surface area contributed by atoms with Crippen LogP contribution in [0.25, 0.3) is 22.4 Å². The zero-order chi connectivity index (χ0) is 16.7. The van der Waals surface area contributed by atoms with Gasteiger partial charge in [-0.15, -0.1) is 0 Å². The minimum Gasteiger partial charge on any atom is -0.392 e. The summed E-state index contributed by atoms with van der Waals surface area (Å²) in [5, 5.41) is 17.6. The van der Waals surface area contributed by atoms with Gasteiger partial charge in [-0.2, -0.15) is 9.40 Å². The molecule has 0 saturated carbocycles. The number of piperidine rings is 1. The normalized spacial score (nSPS) is 19.8. The number of H-pyrrole nitrogens is 2. The molecule has 3 N–H and O–H groups in total. The van der Waals surface area contributed by atoms with Gasteiger partial charge in [-0.25, -0.2) is 13.4 Å². The molecule has 1 unspecified atom stereocenters. The van der Waals surface area contributed by atoms with Crippen molar-refractivity contribution in [1.29, 1.82) is 0 Å². The third-order valence-electron chi connectivity index (χ3n) is 4.25. The Kier molecular flexibility index (Phi) is 3.63. The Balaban J connectivity index is 1.69. The van der Waals surface area contributed by atoms with Crippen LogP contribution in [-0.2, 0) is 10.0 Å². The van der Waals surface area contributed by atoms with Crippen molar-refractivity contribution in [3.63, 3.8) is 0 Å². The molecule has 1 aliphatic heterocycles. The van der Waals surface area contributed by atoms with Gasteiger partial charge in [0.05, 0.1) is 17.5 Å². The molecule has 0 aliphatic carbocycles. The van der Waals surface area contributed by atoms with E-state index in [-0.39, 0.29) is 11.4 Å². The van der Waals surface area contributed by atoms with Crippen LogP contribution in [0.2, 0.25) is 0 Å². The quantitative estimate of drug-likeness (QED) is 0.656. The van der Waals surface area contributed by atoms with Crippen molar-refractivity contribution in [2.24, 2.45) is 0 Å². The summed E-state index contributed by atoms with van der Waals surface area (Å²) in [7, 11) is -3.63. The molecule has 3 aromatic rings. The standard InChI is InChI=1S/C15H17N5O3S/c21-10-3-2-6-20(9-10)24(22,23)11-7-13(17-8-11)14-12-4-1-5-16-15(12)19-18-14/h1,4-5,7-8,10,17,21H,2-3,6,9H2,(H,16,18,19). The van der Waals surface area contributed by atoms with Gasteiger partial charge in [-0.1, -0.05) is 0 Å². The Morgan fingerprint density at radius 3 is 3.08 bits per heavy atom. The molecule has 0 radical (unpaired) electrons. The molecule has 4 heterocycles. The lowest BCUT2D eigenvalue weighted by Gasteiger charge is -2.28. The Labute approximate surface area is 138 Å². The van der Waals surface area contributed by atoms with E-state index >= 15 is 0 Å². The number of sulfonamides is 1. The summed E-state index contributed by atoms with van der Waals surface area (Å²) in [5.74, 6) is 0. The number of aliphatic hydroxyl groups is 1. The fraction of sp³-hybridized carbons (Fsp3) is 0.333. The summed E-state index contributed by atoms with van der Waals surface area (Å²) in [6.45, 7) is 0.566. The van der Waals surface area contributed by atoms with Gasteiger partial charge in [0.1, 0.15) is 4.90 Å². The van der Waals surface area contributed by atoms with Crippen molar-refractivity contribution in [1.82, 2.24) is 24.5 Å². The Hall–Kier alpha value is -2.23. The van der Waals surface area contributed by atoms with Gasteiger partial charge in [0, 0.05) is 30.9 Å². The zero-order valence-corrected chi connectivity index (χ0v) is 13.6. The lowest BCUT2D eigenvalue weighted by Crippen LogP contribution is -2.41. The van der Waals surface area contributed by atoms with Gasteiger partial charge in [-0.3, -0.25) is 5.10 Å². The fourth-order valence-electron chi connectivity index (χ4n) is 3.01. The maximum absolute atomic E-state index is 12.7. The molecule has 24 heavy (non-hydrogen) atoms. The van der Waals surface area contributed by atoms with Gasteiger partial charge in [-0.05, 0) is 31.0 Å². The maximum Gasteiger partial charge on any atom is 0.244 e. The highest BCUT2D eigenvalue weighted by Gasteiger charge is 2.30. The van der Waals surface area contributed by atoms with Crippen LogP contribution in [0.3, 0.4) is 0 Å². The molecular weight excluding hydrogens is 330 g/mol. The van der Waals surface area contributed by atoms with Gasteiger partial charge < -0.3 is 10.1 Å². The number of pyridine rings is 1. The highest BCUT2D eigenvalue weighted by atomic mass is 32.2. The molecule has 0 spiro atoms. The van der Waals surface area contributed by atoms with Crippen molar-refractivity contribution in [3.05, 3.63) is 30.6 Å². The molecule has 0 bridgehead atoms. The molecule has 126 valence electrons. The van der Waals surface area contributed by atoms with E-state index in [0.717, 1.165) is 5.39 Å². The molecule has 1 aliphatic rings. The van der Waals surface area contributed by atoms with Crippen LogP contribution >= 0.6 is 0 Å². The molecule has 1 atom stereocenters. The number of β-amino-alcohol motifs (C(OH)–C–C–N with tert-alkyl or cyclic N) is 1. The molecule has 8 nitrogen and oxygen atoms in total. The number of aromatic nitrogens is 4. The molecule has 0 amide bonds. The first-order chi connectivity index (χ1) is 11.6. The van der Waals surface area contributed by atoms with E-state index in [0.29, 0.717) is 36.4 Å². The van der Waals surface area contributed by atoms with Crippen molar-refractivity contribution >= 4 is 21.1 Å². The third-order valence-corrected chi connectivity index (χ3v) is 6.10. The number of aliphatic hydroxyl groups excluding tert-OH is 1. The first-order valence-corrected chi connectivity index (χ1v) is 9.16. The van der Waals surface area contributed by atoms with Gasteiger partial charge in [0.15, 0.2) is 5.65 Å². The van der Waals surface area contributed by atoms with Crippen molar-refractivity contribution in [2.75, 3.05) is 13.1 Å². The maximum atomic E-state index is 12.7. The van der Waals surface area contributed by atoms with Crippen LogP contribution in [0.5, 0.6) is 0 Å². The number of hydrogen-bond donors (Lipinski definition) is 3. The Morgan fingerprint density at radius 2 is 2.25 bits per heavy atom. The van der Waals surface area contributed by atoms with E-state index in [1.54, 1.807) is 18.3 Å². The van der Waals surface area contributed by atoms with E-state index in [1.165, 1.54) is 10.5 Å². The van der Waals surface area contributed by atoms with Crippen LogP contribution in [0.1, 0.15) is 12.8 Å². The highest BCUT2D eigenvalue weighted by molar-refractivity contribution is 7.89. The highest BCUT2D eigenvalue weighted by Crippen LogP contribution is 2.28. The van der Waals surface area contributed by atoms with Gasteiger partial charge in [0.2, 0.25) is 10.0 Å². The minimum absolute atomic E-state index is 0.139. The molecule has 9 heteroatoms. The molecular formula is C15H17N5O3S. The molecule has 1 saturated heterocycles. The number of hydrogen-bond acceptors (Lipinski definition) is 5. The SMILES string of the molecule is O=S(=O)(c1c[nH]c(-c2[nH]nc3ncccc23)c1)N1CCCC(O)C1. The number of fused-ring (bicyclic) bond motifs is 1. The third kappa shape index (κ3) is 2.50. The summed E-state index contributed by atoms with van der Waals surface area (Å²) in [4.78, 5) is 7.32. The van der Waals surface area contributed by atoms with E-state index in [4.69, 9.17) is 0 Å². The van der Waals surface area contributed by atoms with Gasteiger partial charge >= 0.3 is 0 Å². The van der Waals surface area contributed by atoms with Crippen LogP contribution in [0.4, 0.5) is 0 Å². The van der Waals surface area contributed by atoms with Crippen molar-refractivity contribution in [3.8, 4) is 11.4 Å². The lowest BCUT2D eigenvalue weighted by atomic mass is 10.1.